The normalized spacial score (nSPS) is 27.7. The van der Waals surface area contributed by atoms with Crippen LogP contribution in [-0.4, -0.2) is 34.8 Å². The summed E-state index contributed by atoms with van der Waals surface area (Å²) in [7, 11) is 0. The average molecular weight is 255 g/mol. The van der Waals surface area contributed by atoms with Crippen LogP contribution in [0.25, 0.3) is 0 Å². The van der Waals surface area contributed by atoms with Crippen LogP contribution in [0.3, 0.4) is 0 Å². The number of hydrogen-bond donors (Lipinski definition) is 1. The molecule has 1 aliphatic heterocycles. The van der Waals surface area contributed by atoms with Gasteiger partial charge >= 0.3 is 0 Å². The van der Waals surface area contributed by atoms with Gasteiger partial charge in [0.15, 0.2) is 0 Å². The molecule has 17 heavy (non-hydrogen) atoms. The summed E-state index contributed by atoms with van der Waals surface area (Å²) in [6.45, 7) is 1.36. The minimum Gasteiger partial charge on any atom is -0.368 e. The lowest BCUT2D eigenvalue weighted by molar-refractivity contribution is 0.0677. The number of ether oxygens (including phenoxy) is 1. The number of rotatable bonds is 3. The van der Waals surface area contributed by atoms with E-state index in [1.807, 2.05) is 11.8 Å². The lowest BCUT2D eigenvalue weighted by Crippen LogP contribution is -2.41. The maximum absolute atomic E-state index is 5.83. The molecule has 0 spiro atoms. The smallest absolute Gasteiger partial charge is 0.234 e. The highest BCUT2D eigenvalue weighted by Gasteiger charge is 2.43. The van der Waals surface area contributed by atoms with Gasteiger partial charge in [0.25, 0.3) is 0 Å². The van der Waals surface area contributed by atoms with E-state index in [4.69, 9.17) is 15.0 Å². The molecule has 1 atom stereocenters. The summed E-state index contributed by atoms with van der Waals surface area (Å²) in [5.74, 6) is 3.36. The predicted octanol–water partition coefficient (Wildman–Crippen LogP) is 1.25. The van der Waals surface area contributed by atoms with E-state index in [2.05, 4.69) is 10.1 Å². The molecule has 1 saturated heterocycles. The number of thioether (sulfide) groups is 1. The van der Waals surface area contributed by atoms with Crippen LogP contribution >= 0.6 is 11.8 Å². The van der Waals surface area contributed by atoms with Gasteiger partial charge in [0.2, 0.25) is 11.7 Å². The van der Waals surface area contributed by atoms with E-state index >= 15 is 0 Å². The molecule has 2 aliphatic rings. The third kappa shape index (κ3) is 1.98. The first-order valence-corrected chi connectivity index (χ1v) is 7.23. The van der Waals surface area contributed by atoms with Crippen molar-refractivity contribution in [3.05, 3.63) is 11.7 Å². The van der Waals surface area contributed by atoms with Crippen molar-refractivity contribution in [3.8, 4) is 0 Å². The van der Waals surface area contributed by atoms with Crippen LogP contribution in [0.2, 0.25) is 0 Å². The van der Waals surface area contributed by atoms with Crippen molar-refractivity contribution in [2.24, 2.45) is 5.73 Å². The molecular formula is C11H17N3O2S. The Bertz CT molecular complexity index is 380. The second-order valence-electron chi connectivity index (χ2n) is 4.73. The van der Waals surface area contributed by atoms with E-state index in [0.29, 0.717) is 18.3 Å². The first-order valence-electron chi connectivity index (χ1n) is 6.08. The van der Waals surface area contributed by atoms with Gasteiger partial charge in [-0.2, -0.15) is 16.7 Å². The maximum Gasteiger partial charge on any atom is 0.234 e. The number of nitrogens with two attached hydrogens (primary N) is 1. The van der Waals surface area contributed by atoms with Gasteiger partial charge in [-0.1, -0.05) is 11.6 Å². The van der Waals surface area contributed by atoms with Gasteiger partial charge in [-0.15, -0.1) is 0 Å². The molecule has 0 amide bonds. The minimum atomic E-state index is -0.0486. The third-order valence-corrected chi connectivity index (χ3v) is 4.69. The van der Waals surface area contributed by atoms with Gasteiger partial charge in [-0.25, -0.2) is 0 Å². The molecule has 0 aromatic carbocycles. The fourth-order valence-corrected chi connectivity index (χ4v) is 3.17. The second kappa shape index (κ2) is 4.59. The van der Waals surface area contributed by atoms with E-state index in [1.54, 1.807) is 0 Å². The standard InChI is InChI=1S/C11H17N3O2S/c12-7-11(2-1-3-11)10-13-9(14-16-10)8-6-17-5-4-15-8/h8H,1-7,12H2. The summed E-state index contributed by atoms with van der Waals surface area (Å²) in [6.07, 6.45) is 3.31. The monoisotopic (exact) mass is 255 g/mol. The quantitative estimate of drug-likeness (QED) is 0.876. The first kappa shape index (κ1) is 11.5. The van der Waals surface area contributed by atoms with E-state index in [-0.39, 0.29) is 11.5 Å². The number of aromatic nitrogens is 2. The molecule has 0 radical (unpaired) electrons. The van der Waals surface area contributed by atoms with Crippen molar-refractivity contribution >= 4 is 11.8 Å². The van der Waals surface area contributed by atoms with E-state index in [9.17, 15) is 0 Å². The Morgan fingerprint density at radius 1 is 1.47 bits per heavy atom. The molecule has 1 aromatic rings. The Balaban J connectivity index is 1.77. The van der Waals surface area contributed by atoms with Crippen LogP contribution in [-0.2, 0) is 10.2 Å². The molecule has 3 rings (SSSR count). The molecule has 2 N–H and O–H groups in total. The Labute approximate surface area is 104 Å². The second-order valence-corrected chi connectivity index (χ2v) is 5.88. The van der Waals surface area contributed by atoms with Crippen LogP contribution < -0.4 is 5.73 Å². The van der Waals surface area contributed by atoms with Crippen LogP contribution in [0.1, 0.15) is 37.1 Å². The fourth-order valence-electron chi connectivity index (χ4n) is 2.33. The van der Waals surface area contributed by atoms with E-state index in [1.165, 1.54) is 6.42 Å². The van der Waals surface area contributed by atoms with E-state index < -0.39 is 0 Å². The lowest BCUT2D eigenvalue weighted by atomic mass is 9.69. The Hall–Kier alpha value is -0.590. The van der Waals surface area contributed by atoms with Crippen LogP contribution in [0.15, 0.2) is 4.52 Å². The van der Waals surface area contributed by atoms with Gasteiger partial charge < -0.3 is 15.0 Å². The maximum atomic E-state index is 5.83. The van der Waals surface area contributed by atoms with Gasteiger partial charge in [-0.05, 0) is 12.8 Å². The summed E-state index contributed by atoms with van der Waals surface area (Å²) in [4.78, 5) is 4.50. The van der Waals surface area contributed by atoms with Crippen molar-refractivity contribution in [3.63, 3.8) is 0 Å². The summed E-state index contributed by atoms with van der Waals surface area (Å²) in [6, 6.07) is 0. The van der Waals surface area contributed by atoms with Gasteiger partial charge in [0.05, 0.1) is 12.0 Å². The molecule has 2 fully saturated rings. The zero-order valence-electron chi connectivity index (χ0n) is 9.72. The molecule has 5 nitrogen and oxygen atoms in total. The van der Waals surface area contributed by atoms with Crippen molar-refractivity contribution < 1.29 is 9.26 Å². The highest BCUT2D eigenvalue weighted by atomic mass is 32.2. The van der Waals surface area contributed by atoms with Crippen molar-refractivity contribution in [2.45, 2.75) is 30.8 Å². The summed E-state index contributed by atoms with van der Waals surface area (Å²) in [5.41, 5.74) is 5.78. The molecule has 1 aliphatic carbocycles. The Morgan fingerprint density at radius 2 is 2.35 bits per heavy atom. The average Bonchev–Trinajstić information content (AvgIpc) is 2.80. The highest BCUT2D eigenvalue weighted by molar-refractivity contribution is 7.99. The number of hydrogen-bond acceptors (Lipinski definition) is 6. The summed E-state index contributed by atoms with van der Waals surface area (Å²) >= 11 is 1.87. The molecule has 1 aromatic heterocycles. The lowest BCUT2D eigenvalue weighted by Gasteiger charge is -2.36. The van der Waals surface area contributed by atoms with Gasteiger partial charge in [0.1, 0.15) is 6.10 Å². The largest absolute Gasteiger partial charge is 0.368 e. The third-order valence-electron chi connectivity index (χ3n) is 3.70. The van der Waals surface area contributed by atoms with E-state index in [0.717, 1.165) is 31.0 Å². The van der Waals surface area contributed by atoms with Gasteiger partial charge in [0, 0.05) is 18.1 Å². The minimum absolute atomic E-state index is 0.0128. The highest BCUT2D eigenvalue weighted by Crippen LogP contribution is 2.42. The molecule has 1 unspecified atom stereocenters. The zero-order chi connectivity index (χ0) is 11.7. The Kier molecular flexibility index (Phi) is 3.10. The number of nitrogens with zero attached hydrogens (tertiary/aromatic N) is 2. The first-order chi connectivity index (χ1) is 8.34. The van der Waals surface area contributed by atoms with Crippen LogP contribution in [0.5, 0.6) is 0 Å². The van der Waals surface area contributed by atoms with Crippen LogP contribution in [0, 0.1) is 0 Å². The van der Waals surface area contributed by atoms with Crippen molar-refractivity contribution in [1.82, 2.24) is 10.1 Å². The molecule has 1 saturated carbocycles. The summed E-state index contributed by atoms with van der Waals surface area (Å²) < 4.78 is 11.0. The molecule has 2 heterocycles. The fraction of sp³-hybridized carbons (Fsp3) is 0.818. The Morgan fingerprint density at radius 3 is 2.94 bits per heavy atom. The zero-order valence-corrected chi connectivity index (χ0v) is 10.5. The predicted molar refractivity (Wildman–Crippen MR) is 64.9 cm³/mol. The SMILES string of the molecule is NCC1(c2nc(C3CSCCO3)no2)CCC1. The molecule has 0 bridgehead atoms. The molecule has 94 valence electrons. The van der Waals surface area contributed by atoms with Crippen LogP contribution in [0.4, 0.5) is 0 Å². The van der Waals surface area contributed by atoms with Crippen molar-refractivity contribution in [1.29, 1.82) is 0 Å². The molecule has 6 heteroatoms. The van der Waals surface area contributed by atoms with Crippen molar-refractivity contribution in [2.75, 3.05) is 24.7 Å². The topological polar surface area (TPSA) is 74.2 Å². The summed E-state index contributed by atoms with van der Waals surface area (Å²) in [5, 5.41) is 4.06. The molecular weight excluding hydrogens is 238 g/mol. The van der Waals surface area contributed by atoms with Gasteiger partial charge in [-0.3, -0.25) is 0 Å².